The molecule has 0 amide bonds. The predicted molar refractivity (Wildman–Crippen MR) is 334 cm³/mol. The van der Waals surface area contributed by atoms with Gasteiger partial charge in [-0.2, -0.15) is 10.1 Å². The Kier molecular flexibility index (Phi) is 22.8. The lowest BCUT2D eigenvalue weighted by Gasteiger charge is -2.46. The summed E-state index contributed by atoms with van der Waals surface area (Å²) in [6.07, 6.45) is 10.8. The Balaban J connectivity index is 0.000000821. The fourth-order valence-electron chi connectivity index (χ4n) is 12.9. The van der Waals surface area contributed by atoms with Gasteiger partial charge in [0.05, 0.1) is 22.2 Å². The summed E-state index contributed by atoms with van der Waals surface area (Å²) < 4.78 is 13.1. The van der Waals surface area contributed by atoms with E-state index in [9.17, 15) is 20.6 Å². The second-order valence-electron chi connectivity index (χ2n) is 29.5. The summed E-state index contributed by atoms with van der Waals surface area (Å²) >= 11 is 0. The molecule has 8 rings (SSSR count). The molecule has 0 spiro atoms. The van der Waals surface area contributed by atoms with Crippen molar-refractivity contribution in [2.45, 2.75) is 293 Å². The first kappa shape index (κ1) is 69.6. The third-order valence-electron chi connectivity index (χ3n) is 18.3. The Morgan fingerprint density at radius 3 is 1.23 bits per heavy atom. The van der Waals surface area contributed by atoms with Crippen LogP contribution in [0.4, 0.5) is 0 Å². The van der Waals surface area contributed by atoms with Crippen LogP contribution in [0.5, 0.6) is 11.5 Å². The van der Waals surface area contributed by atoms with E-state index in [0.29, 0.717) is 38.0 Å². The number of unbranched alkanes of at least 4 members (excludes halogenated alkanes) is 1. The number of hydrogen-bond donors (Lipinski definition) is 6. The number of hydroxylamine groups is 4. The molecule has 6 heterocycles. The van der Waals surface area contributed by atoms with Gasteiger partial charge in [-0.05, 0) is 217 Å². The minimum Gasteiger partial charge on any atom is -0.487 e. The fraction of sp³-hybridized carbons (Fsp3) is 0.765. The molecule has 0 saturated heterocycles. The maximum atomic E-state index is 12.0. The van der Waals surface area contributed by atoms with E-state index in [1.165, 1.54) is 69.2 Å². The average molecular weight is 1120 g/mol. The van der Waals surface area contributed by atoms with Gasteiger partial charge < -0.3 is 40.7 Å². The molecule has 0 aliphatic carbocycles. The quantitative estimate of drug-likeness (QED) is 0.107. The molecular formula is C68H120N6O6. The SMILES string of the molecule is CC(C)(C)C.CCC.CCC.CCCC.CN1C(C)(C)c2cc3c(cc2C1(C)C)OC(C(O)CNCC1=CC(C)(CC2(C)C(CNCC(O)C4CCc5cc6c(cc5O4)C(C)(C)N(C)C6(C)C)=CC(C)(C)N2O)N(O)C1(C)C)CC3. The van der Waals surface area contributed by atoms with E-state index in [1.54, 1.807) is 0 Å². The third-order valence-corrected chi connectivity index (χ3v) is 18.3. The number of ether oxygens (including phenoxy) is 2. The van der Waals surface area contributed by atoms with E-state index in [0.717, 1.165) is 48.3 Å². The molecule has 6 aliphatic heterocycles. The molecule has 6 unspecified atom stereocenters. The molecule has 6 atom stereocenters. The van der Waals surface area contributed by atoms with Crippen molar-refractivity contribution < 1.29 is 30.1 Å². The predicted octanol–water partition coefficient (Wildman–Crippen LogP) is 13.9. The van der Waals surface area contributed by atoms with Gasteiger partial charge in [-0.3, -0.25) is 9.80 Å². The second kappa shape index (κ2) is 26.2. The van der Waals surface area contributed by atoms with Crippen molar-refractivity contribution in [2.24, 2.45) is 5.41 Å². The van der Waals surface area contributed by atoms with Gasteiger partial charge in [0.25, 0.3) is 0 Å². The summed E-state index contributed by atoms with van der Waals surface area (Å²) in [5, 5.41) is 56.7. The van der Waals surface area contributed by atoms with Crippen molar-refractivity contribution >= 4 is 0 Å². The molecule has 458 valence electrons. The summed E-state index contributed by atoms with van der Waals surface area (Å²) in [7, 11) is 4.37. The van der Waals surface area contributed by atoms with E-state index < -0.39 is 34.4 Å². The molecule has 80 heavy (non-hydrogen) atoms. The molecular weight excluding hydrogens is 997 g/mol. The number of hydrogen-bond acceptors (Lipinski definition) is 12. The fourth-order valence-corrected chi connectivity index (χ4v) is 12.9. The van der Waals surface area contributed by atoms with Crippen LogP contribution in [0.1, 0.15) is 244 Å². The van der Waals surface area contributed by atoms with E-state index in [4.69, 9.17) is 9.47 Å². The molecule has 0 radical (unpaired) electrons. The minimum atomic E-state index is -0.841. The van der Waals surface area contributed by atoms with Gasteiger partial charge in [0.15, 0.2) is 0 Å². The summed E-state index contributed by atoms with van der Waals surface area (Å²) in [6, 6.07) is 9.06. The van der Waals surface area contributed by atoms with E-state index in [1.807, 2.05) is 41.5 Å². The van der Waals surface area contributed by atoms with Gasteiger partial charge in [-0.25, -0.2) is 0 Å². The maximum Gasteiger partial charge on any atom is 0.126 e. The Labute approximate surface area is 489 Å². The molecule has 6 aliphatic rings. The number of aliphatic hydroxyl groups excluding tert-OH is 2. The highest BCUT2D eigenvalue weighted by Crippen LogP contribution is 2.53. The molecule has 6 N–H and O–H groups in total. The molecule has 12 heteroatoms. The Hall–Kier alpha value is -2.88. The van der Waals surface area contributed by atoms with Crippen molar-refractivity contribution in [3.63, 3.8) is 0 Å². The maximum absolute atomic E-state index is 12.0. The van der Waals surface area contributed by atoms with Gasteiger partial charge >= 0.3 is 0 Å². The van der Waals surface area contributed by atoms with E-state index in [-0.39, 0.29) is 34.4 Å². The highest BCUT2D eigenvalue weighted by molar-refractivity contribution is 5.53. The third kappa shape index (κ3) is 14.6. The number of nitrogens with one attached hydrogen (secondary N) is 2. The van der Waals surface area contributed by atoms with Crippen LogP contribution in [0.15, 0.2) is 47.6 Å². The number of aliphatic hydroxyl groups is 2. The molecule has 0 saturated carbocycles. The number of rotatable bonds is 13. The van der Waals surface area contributed by atoms with E-state index in [2.05, 4.69) is 196 Å². The van der Waals surface area contributed by atoms with Crippen molar-refractivity contribution in [2.75, 3.05) is 40.3 Å². The lowest BCUT2D eigenvalue weighted by atomic mass is 9.80. The molecule has 0 fully saturated rings. The molecule has 2 aromatic carbocycles. The van der Waals surface area contributed by atoms with Crippen LogP contribution in [-0.2, 0) is 35.0 Å². The van der Waals surface area contributed by atoms with Gasteiger partial charge in [0, 0.05) is 48.3 Å². The number of aryl methyl sites for hydroxylation is 2. The van der Waals surface area contributed by atoms with Gasteiger partial charge in [0.2, 0.25) is 0 Å². The number of nitrogens with zero attached hydrogens (tertiary/aromatic N) is 4. The first-order valence-corrected chi connectivity index (χ1v) is 31.0. The first-order chi connectivity index (χ1) is 36.6. The monoisotopic (exact) mass is 1120 g/mol. The molecule has 0 aromatic heterocycles. The zero-order valence-electron chi connectivity index (χ0n) is 55.9. The number of fused-ring (bicyclic) bond motifs is 4. The summed E-state index contributed by atoms with van der Waals surface area (Å²) in [6.45, 7) is 53.4. The van der Waals surface area contributed by atoms with Crippen molar-refractivity contribution in [3.8, 4) is 11.5 Å². The summed E-state index contributed by atoms with van der Waals surface area (Å²) in [5.41, 5.74) is 6.70. The largest absolute Gasteiger partial charge is 0.487 e. The number of benzene rings is 2. The summed E-state index contributed by atoms with van der Waals surface area (Å²) in [4.78, 5) is 4.85. The van der Waals surface area contributed by atoms with Crippen LogP contribution >= 0.6 is 0 Å². The standard InChI is InChI=1S/C53H82N6O6.C5H12.C4H10.2C3H8/c1-46(2)25-35(28-55-30-41(61)43-20-18-33-22-37-39(24-45(33)65-43)51(11,12)57(16)49(37,7)8)53(14,58(46)62)31-52(13)26-34(47(3,4)59(52)63)27-54-29-40(60)42-19-17-32-21-36-38(23-44(32)64-42)50(9,10)56(15)48(36,5)6;1-5(2,3)4;1-3-4-2;2*1-3-2/h21-26,40-43,54-55,60-63H,17-20,27-31H2,1-16H3;1-4H3;3-4H2,1-2H3;2*3H2,1-2H3. The topological polar surface area (TPSA) is 136 Å². The minimum absolute atomic E-state index is 0.0745. The van der Waals surface area contributed by atoms with Crippen molar-refractivity contribution in [3.05, 3.63) is 80.9 Å². The lowest BCUT2D eigenvalue weighted by molar-refractivity contribution is -0.228. The lowest BCUT2D eigenvalue weighted by Crippen LogP contribution is -2.58. The second-order valence-corrected chi connectivity index (χ2v) is 29.5. The van der Waals surface area contributed by atoms with Crippen LogP contribution in [0.25, 0.3) is 0 Å². The van der Waals surface area contributed by atoms with Crippen molar-refractivity contribution in [1.29, 1.82) is 0 Å². The average Bonchev–Trinajstić information content (AvgIpc) is 3.76. The normalized spacial score (nSPS) is 27.2. The van der Waals surface area contributed by atoms with Crippen LogP contribution in [-0.4, -0.2) is 127 Å². The van der Waals surface area contributed by atoms with Crippen LogP contribution in [0.2, 0.25) is 0 Å². The molecule has 12 nitrogen and oxygen atoms in total. The van der Waals surface area contributed by atoms with Gasteiger partial charge in [0.1, 0.15) is 35.9 Å². The van der Waals surface area contributed by atoms with Crippen LogP contribution in [0, 0.1) is 5.41 Å². The first-order valence-electron chi connectivity index (χ1n) is 31.0. The Morgan fingerprint density at radius 1 is 0.537 bits per heavy atom. The van der Waals surface area contributed by atoms with Gasteiger partial charge in [-0.15, -0.1) is 0 Å². The smallest absolute Gasteiger partial charge is 0.126 e. The highest BCUT2D eigenvalue weighted by atomic mass is 16.5. The van der Waals surface area contributed by atoms with Crippen LogP contribution < -0.4 is 20.1 Å². The van der Waals surface area contributed by atoms with Gasteiger partial charge in [-0.1, -0.05) is 107 Å². The highest BCUT2D eigenvalue weighted by Gasteiger charge is 2.56. The summed E-state index contributed by atoms with van der Waals surface area (Å²) in [5.74, 6) is 1.75. The molecule has 2 aromatic rings. The zero-order valence-corrected chi connectivity index (χ0v) is 55.9. The van der Waals surface area contributed by atoms with Crippen LogP contribution in [0.3, 0.4) is 0 Å². The zero-order chi connectivity index (χ0) is 61.2. The van der Waals surface area contributed by atoms with E-state index >= 15 is 0 Å². The van der Waals surface area contributed by atoms with Crippen molar-refractivity contribution in [1.82, 2.24) is 30.6 Å². The molecule has 0 bridgehead atoms. The Bertz CT molecular complexity index is 2420. The Morgan fingerprint density at radius 2 is 0.875 bits per heavy atom.